The molecule has 17 heteroatoms. The van der Waals surface area contributed by atoms with Gasteiger partial charge in [-0.05, 0) is 38.8 Å². The molecule has 1 aromatic carbocycles. The number of aryl methyl sites for hydroxylation is 1. The van der Waals surface area contributed by atoms with Crippen molar-refractivity contribution in [3.63, 3.8) is 0 Å². The molecule has 39 heavy (non-hydrogen) atoms. The summed E-state index contributed by atoms with van der Waals surface area (Å²) in [5, 5.41) is 20.7. The molecule has 1 aliphatic heterocycles. The number of sulfonamides is 2. The van der Waals surface area contributed by atoms with E-state index in [1.807, 2.05) is 11.0 Å². The number of nitrogens with one attached hydrogen (secondary N) is 1. The Hall–Kier alpha value is -2.78. The van der Waals surface area contributed by atoms with E-state index < -0.39 is 42.3 Å². The standard InChI is InChI=1S/C22H26F2N8O4S3/c1-13(2)39(35,36)32-8-6-31(7-9-32)16-11-14(38(33,34)29-22(12-25)4-5-22)10-15-17(28-30(3)18(15)16)20-26-27-21(37-20)19(23)24/h10-11,13,19,29H,4-9H2,1-3H3. The van der Waals surface area contributed by atoms with Gasteiger partial charge in [-0.1, -0.05) is 11.3 Å². The van der Waals surface area contributed by atoms with E-state index in [9.17, 15) is 30.9 Å². The first-order valence-electron chi connectivity index (χ1n) is 12.1. The molecular weight excluding hydrogens is 574 g/mol. The van der Waals surface area contributed by atoms with E-state index in [1.54, 1.807) is 20.9 Å². The van der Waals surface area contributed by atoms with Gasteiger partial charge >= 0.3 is 0 Å². The zero-order chi connectivity index (χ0) is 28.3. The summed E-state index contributed by atoms with van der Waals surface area (Å²) in [6.45, 7) is 4.21. The molecule has 5 rings (SSSR count). The molecule has 0 amide bonds. The molecule has 1 saturated heterocycles. The highest BCUT2D eigenvalue weighted by Crippen LogP contribution is 2.40. The fourth-order valence-corrected chi connectivity index (χ4v) is 7.89. The van der Waals surface area contributed by atoms with Crippen molar-refractivity contribution in [2.24, 2.45) is 7.05 Å². The number of hydrogen-bond acceptors (Lipinski definition) is 10. The van der Waals surface area contributed by atoms with Gasteiger partial charge in [0.2, 0.25) is 20.0 Å². The first-order valence-corrected chi connectivity index (χ1v) is 15.9. The molecule has 0 unspecified atom stereocenters. The molecule has 210 valence electrons. The van der Waals surface area contributed by atoms with Crippen LogP contribution in [0.4, 0.5) is 14.5 Å². The van der Waals surface area contributed by atoms with Crippen LogP contribution in [-0.4, -0.2) is 78.1 Å². The molecule has 0 atom stereocenters. The molecule has 0 spiro atoms. The van der Waals surface area contributed by atoms with Gasteiger partial charge in [0.15, 0.2) is 10.0 Å². The summed E-state index contributed by atoms with van der Waals surface area (Å²) in [5.74, 6) is 0. The predicted molar refractivity (Wildman–Crippen MR) is 140 cm³/mol. The Morgan fingerprint density at radius 3 is 2.31 bits per heavy atom. The number of fused-ring (bicyclic) bond motifs is 1. The molecular formula is C22H26F2N8O4S3. The molecule has 3 heterocycles. The van der Waals surface area contributed by atoms with Gasteiger partial charge in [0, 0.05) is 38.6 Å². The second-order valence-corrected chi connectivity index (χ2v) is 15.0. The molecule has 2 aromatic heterocycles. The summed E-state index contributed by atoms with van der Waals surface area (Å²) in [4.78, 5) is 1.75. The summed E-state index contributed by atoms with van der Waals surface area (Å²) in [7, 11) is -5.98. The van der Waals surface area contributed by atoms with E-state index >= 15 is 0 Å². The quantitative estimate of drug-likeness (QED) is 0.410. The molecule has 12 nitrogen and oxygen atoms in total. The monoisotopic (exact) mass is 600 g/mol. The van der Waals surface area contributed by atoms with Gasteiger partial charge in [0.25, 0.3) is 6.43 Å². The molecule has 2 aliphatic rings. The maximum atomic E-state index is 13.4. The molecule has 1 saturated carbocycles. The maximum absolute atomic E-state index is 13.4. The molecule has 3 aromatic rings. The second-order valence-electron chi connectivity index (χ2n) is 9.84. The Morgan fingerprint density at radius 2 is 1.77 bits per heavy atom. The topological polar surface area (TPSA) is 154 Å². The van der Waals surface area contributed by atoms with E-state index in [0.717, 1.165) is 0 Å². The summed E-state index contributed by atoms with van der Waals surface area (Å²) < 4.78 is 84.0. The molecule has 1 N–H and O–H groups in total. The molecule has 0 bridgehead atoms. The van der Waals surface area contributed by atoms with Gasteiger partial charge in [0.1, 0.15) is 11.2 Å². The number of aromatic nitrogens is 4. The Bertz CT molecular complexity index is 1680. The van der Waals surface area contributed by atoms with Crippen LogP contribution in [0, 0.1) is 11.3 Å². The Kier molecular flexibility index (Phi) is 6.91. The SMILES string of the molecule is CC(C)S(=O)(=O)N1CCN(c2cc(S(=O)(=O)NC3(C#N)CC3)cc3c(-c4nnc(C(F)F)s4)nn(C)c23)CC1. The highest BCUT2D eigenvalue weighted by atomic mass is 32.2. The zero-order valence-electron chi connectivity index (χ0n) is 21.3. The van der Waals surface area contributed by atoms with Crippen LogP contribution in [0.3, 0.4) is 0 Å². The largest absolute Gasteiger partial charge is 0.367 e. The smallest absolute Gasteiger partial charge is 0.291 e. The second kappa shape index (κ2) is 9.70. The van der Waals surface area contributed by atoms with E-state index in [2.05, 4.69) is 20.0 Å². The number of benzene rings is 1. The number of nitrogens with zero attached hydrogens (tertiary/aromatic N) is 7. The van der Waals surface area contributed by atoms with Crippen LogP contribution in [0.1, 0.15) is 38.1 Å². The number of rotatable bonds is 8. The van der Waals surface area contributed by atoms with Crippen molar-refractivity contribution in [2.75, 3.05) is 31.1 Å². The van der Waals surface area contributed by atoms with E-state index in [4.69, 9.17) is 0 Å². The number of alkyl halides is 2. The van der Waals surface area contributed by atoms with Crippen LogP contribution in [-0.2, 0) is 27.1 Å². The van der Waals surface area contributed by atoms with Gasteiger partial charge in [-0.2, -0.15) is 19.4 Å². The van der Waals surface area contributed by atoms with Crippen LogP contribution < -0.4 is 9.62 Å². The van der Waals surface area contributed by atoms with Gasteiger partial charge in [-0.25, -0.2) is 25.6 Å². The summed E-state index contributed by atoms with van der Waals surface area (Å²) in [6, 6.07) is 4.87. The first kappa shape index (κ1) is 27.8. The average Bonchev–Trinajstić information content (AvgIpc) is 3.31. The van der Waals surface area contributed by atoms with Crippen LogP contribution in [0.25, 0.3) is 21.6 Å². The Labute approximate surface area is 228 Å². The van der Waals surface area contributed by atoms with E-state index in [1.165, 1.54) is 21.1 Å². The minimum Gasteiger partial charge on any atom is -0.367 e. The van der Waals surface area contributed by atoms with E-state index in [0.29, 0.717) is 40.8 Å². The molecule has 0 radical (unpaired) electrons. The van der Waals surface area contributed by atoms with Gasteiger partial charge in [-0.15, -0.1) is 10.2 Å². The fraction of sp³-hybridized carbons (Fsp3) is 0.545. The zero-order valence-corrected chi connectivity index (χ0v) is 23.7. The lowest BCUT2D eigenvalue weighted by Gasteiger charge is -2.36. The van der Waals surface area contributed by atoms with E-state index in [-0.39, 0.29) is 41.8 Å². The Morgan fingerprint density at radius 1 is 1.10 bits per heavy atom. The number of nitriles is 1. The van der Waals surface area contributed by atoms with Crippen molar-refractivity contribution >= 4 is 48.0 Å². The lowest BCUT2D eigenvalue weighted by molar-refractivity contribution is 0.150. The van der Waals surface area contributed by atoms with Crippen LogP contribution in [0.2, 0.25) is 0 Å². The van der Waals surface area contributed by atoms with Crippen molar-refractivity contribution in [1.82, 2.24) is 29.0 Å². The van der Waals surface area contributed by atoms with Crippen molar-refractivity contribution < 1.29 is 25.6 Å². The summed E-state index contributed by atoms with van der Waals surface area (Å²) in [5.41, 5.74) is 0.0432. The van der Waals surface area contributed by atoms with Gasteiger partial charge in [-0.3, -0.25) is 4.68 Å². The van der Waals surface area contributed by atoms with Crippen LogP contribution in [0.15, 0.2) is 17.0 Å². The van der Waals surface area contributed by atoms with Crippen molar-refractivity contribution in [3.8, 4) is 16.8 Å². The number of halogens is 2. The maximum Gasteiger partial charge on any atom is 0.291 e. The van der Waals surface area contributed by atoms with Crippen LogP contribution >= 0.6 is 11.3 Å². The number of anilines is 1. The fourth-order valence-electron chi connectivity index (χ4n) is 4.50. The number of piperazine rings is 1. The first-order chi connectivity index (χ1) is 18.3. The number of hydrogen-bond donors (Lipinski definition) is 1. The third-order valence-electron chi connectivity index (χ3n) is 6.86. The summed E-state index contributed by atoms with van der Waals surface area (Å²) in [6.07, 6.45) is -2.03. The Balaban J connectivity index is 1.62. The minimum atomic E-state index is -4.16. The molecule has 2 fully saturated rings. The predicted octanol–water partition coefficient (Wildman–Crippen LogP) is 2.22. The van der Waals surface area contributed by atoms with Crippen molar-refractivity contribution in [3.05, 3.63) is 17.1 Å². The minimum absolute atomic E-state index is 0.105. The molecule has 1 aliphatic carbocycles. The highest BCUT2D eigenvalue weighted by molar-refractivity contribution is 7.89. The van der Waals surface area contributed by atoms with Crippen LogP contribution in [0.5, 0.6) is 0 Å². The van der Waals surface area contributed by atoms with Gasteiger partial charge < -0.3 is 4.90 Å². The van der Waals surface area contributed by atoms with Crippen molar-refractivity contribution in [1.29, 1.82) is 5.26 Å². The average molecular weight is 601 g/mol. The summed E-state index contributed by atoms with van der Waals surface area (Å²) >= 11 is 0.663. The lowest BCUT2D eigenvalue weighted by atomic mass is 10.1. The van der Waals surface area contributed by atoms with Crippen molar-refractivity contribution in [2.45, 2.75) is 48.8 Å². The van der Waals surface area contributed by atoms with Gasteiger partial charge in [0.05, 0.1) is 27.4 Å². The normalized spacial score (nSPS) is 18.3. The third-order valence-corrected chi connectivity index (χ3v) is 11.6. The lowest BCUT2D eigenvalue weighted by Crippen LogP contribution is -2.50. The highest BCUT2D eigenvalue weighted by Gasteiger charge is 2.47. The third kappa shape index (κ3) is 4.99.